The van der Waals surface area contributed by atoms with Crippen LogP contribution in [-0.2, 0) is 14.8 Å². The molecule has 0 aromatic heterocycles. The molecule has 1 unspecified atom stereocenters. The largest absolute Gasteiger partial charge is 0.340 e. The van der Waals surface area contributed by atoms with E-state index in [0.29, 0.717) is 24.9 Å². The first-order valence-electron chi connectivity index (χ1n) is 7.32. The van der Waals surface area contributed by atoms with Gasteiger partial charge in [-0.2, -0.15) is 16.1 Å². The summed E-state index contributed by atoms with van der Waals surface area (Å²) in [4.78, 5) is 13.6. The summed E-state index contributed by atoms with van der Waals surface area (Å²) in [5.74, 6) is -0.115. The highest BCUT2D eigenvalue weighted by Crippen LogP contribution is 2.31. The molecule has 0 spiro atoms. The molecule has 3 rings (SSSR count). The summed E-state index contributed by atoms with van der Waals surface area (Å²) < 4.78 is 53.8. The Hall–Kier alpha value is -0.840. The standard InChI is InChI=1S/C14H16F2N2O3S3/c15-10-1-2-11(16)13(7-10)24(20,21)18-9-23-8-12(18)14(19)17-3-5-22-6-4-17/h1-2,7,12H,3-6,8-9H2. The molecule has 2 saturated heterocycles. The molecule has 1 amide bonds. The fourth-order valence-electron chi connectivity index (χ4n) is 2.65. The van der Waals surface area contributed by atoms with Crippen LogP contribution < -0.4 is 0 Å². The molecule has 132 valence electrons. The molecular formula is C14H16F2N2O3S3. The van der Waals surface area contributed by atoms with Crippen LogP contribution in [0.25, 0.3) is 0 Å². The molecule has 2 fully saturated rings. The van der Waals surface area contributed by atoms with Crippen molar-refractivity contribution in [2.45, 2.75) is 10.9 Å². The third kappa shape index (κ3) is 3.42. The third-order valence-corrected chi connectivity index (χ3v) is 7.92. The first-order valence-corrected chi connectivity index (χ1v) is 11.1. The summed E-state index contributed by atoms with van der Waals surface area (Å²) in [5.41, 5.74) is 0. The third-order valence-electron chi connectivity index (χ3n) is 3.93. The molecule has 0 aliphatic carbocycles. The lowest BCUT2D eigenvalue weighted by Gasteiger charge is -2.31. The average Bonchev–Trinajstić information content (AvgIpc) is 3.07. The SMILES string of the molecule is O=C(C1CSCN1S(=O)(=O)c1cc(F)ccc1F)N1CCSCC1. The van der Waals surface area contributed by atoms with Crippen molar-refractivity contribution in [2.75, 3.05) is 36.2 Å². The first kappa shape index (κ1) is 18.0. The van der Waals surface area contributed by atoms with E-state index in [1.807, 2.05) is 0 Å². The van der Waals surface area contributed by atoms with E-state index in [1.165, 1.54) is 11.8 Å². The molecule has 1 atom stereocenters. The number of benzene rings is 1. The Morgan fingerprint density at radius 3 is 2.58 bits per heavy atom. The van der Waals surface area contributed by atoms with Gasteiger partial charge in [0, 0.05) is 30.3 Å². The van der Waals surface area contributed by atoms with Gasteiger partial charge in [-0.05, 0) is 18.2 Å². The van der Waals surface area contributed by atoms with Crippen molar-refractivity contribution in [3.8, 4) is 0 Å². The lowest BCUT2D eigenvalue weighted by atomic mass is 10.3. The van der Waals surface area contributed by atoms with E-state index in [4.69, 9.17) is 0 Å². The van der Waals surface area contributed by atoms with Gasteiger partial charge in [0.25, 0.3) is 0 Å². The second kappa shape index (κ2) is 7.19. The van der Waals surface area contributed by atoms with Gasteiger partial charge in [0.15, 0.2) is 0 Å². The Morgan fingerprint density at radius 2 is 1.88 bits per heavy atom. The van der Waals surface area contributed by atoms with Crippen LogP contribution in [0.3, 0.4) is 0 Å². The maximum atomic E-state index is 13.9. The molecule has 5 nitrogen and oxygen atoms in total. The normalized spacial score (nSPS) is 22.8. The quantitative estimate of drug-likeness (QED) is 0.780. The molecule has 0 saturated carbocycles. The summed E-state index contributed by atoms with van der Waals surface area (Å²) in [5, 5.41) is 0. The molecule has 0 N–H and O–H groups in total. The van der Waals surface area contributed by atoms with E-state index in [2.05, 4.69) is 0 Å². The van der Waals surface area contributed by atoms with Gasteiger partial charge >= 0.3 is 0 Å². The van der Waals surface area contributed by atoms with E-state index in [0.717, 1.165) is 27.9 Å². The molecule has 2 aliphatic rings. The number of carbonyl (C=O) groups is 1. The summed E-state index contributed by atoms with van der Waals surface area (Å²) in [6.07, 6.45) is 0. The summed E-state index contributed by atoms with van der Waals surface area (Å²) in [6.45, 7) is 1.15. The van der Waals surface area contributed by atoms with Crippen molar-refractivity contribution in [1.82, 2.24) is 9.21 Å². The minimum absolute atomic E-state index is 0.0529. The molecule has 0 radical (unpaired) electrons. The zero-order valence-corrected chi connectivity index (χ0v) is 15.1. The van der Waals surface area contributed by atoms with E-state index in [1.54, 1.807) is 16.7 Å². The smallest absolute Gasteiger partial charge is 0.247 e. The molecule has 2 aliphatic heterocycles. The lowest BCUT2D eigenvalue weighted by molar-refractivity contribution is -0.133. The van der Waals surface area contributed by atoms with Crippen LogP contribution in [0.4, 0.5) is 8.78 Å². The fraction of sp³-hybridized carbons (Fsp3) is 0.500. The molecule has 1 aromatic carbocycles. The number of rotatable bonds is 3. The average molecular weight is 394 g/mol. The van der Waals surface area contributed by atoms with Crippen molar-refractivity contribution in [3.63, 3.8) is 0 Å². The molecule has 1 aromatic rings. The van der Waals surface area contributed by atoms with Gasteiger partial charge < -0.3 is 4.90 Å². The predicted octanol–water partition coefficient (Wildman–Crippen LogP) is 1.60. The second-order valence-corrected chi connectivity index (χ2v) is 9.50. The van der Waals surface area contributed by atoms with Gasteiger partial charge in [-0.3, -0.25) is 4.79 Å². The van der Waals surface area contributed by atoms with Crippen molar-refractivity contribution in [2.24, 2.45) is 0 Å². The lowest BCUT2D eigenvalue weighted by Crippen LogP contribution is -2.51. The Morgan fingerprint density at radius 1 is 1.17 bits per heavy atom. The van der Waals surface area contributed by atoms with Crippen LogP contribution in [-0.4, -0.2) is 65.8 Å². The van der Waals surface area contributed by atoms with E-state index >= 15 is 0 Å². The summed E-state index contributed by atoms with van der Waals surface area (Å²) in [7, 11) is -4.28. The summed E-state index contributed by atoms with van der Waals surface area (Å²) in [6, 6.07) is 1.43. The number of thioether (sulfide) groups is 2. The van der Waals surface area contributed by atoms with Crippen LogP contribution in [0.5, 0.6) is 0 Å². The molecular weight excluding hydrogens is 378 g/mol. The van der Waals surface area contributed by atoms with E-state index in [-0.39, 0.29) is 11.8 Å². The van der Waals surface area contributed by atoms with Crippen LogP contribution in [0.15, 0.2) is 23.1 Å². The zero-order chi connectivity index (χ0) is 17.3. The topological polar surface area (TPSA) is 57.7 Å². The van der Waals surface area contributed by atoms with Gasteiger partial charge in [-0.15, -0.1) is 11.8 Å². The fourth-order valence-corrected chi connectivity index (χ4v) is 6.77. The van der Waals surface area contributed by atoms with Gasteiger partial charge in [-0.25, -0.2) is 17.2 Å². The van der Waals surface area contributed by atoms with Gasteiger partial charge in [0.1, 0.15) is 22.6 Å². The molecule has 24 heavy (non-hydrogen) atoms. The Labute approximate surface area is 147 Å². The Balaban J connectivity index is 1.89. The highest BCUT2D eigenvalue weighted by Gasteiger charge is 2.42. The number of halogens is 2. The van der Waals surface area contributed by atoms with E-state index < -0.39 is 32.6 Å². The van der Waals surface area contributed by atoms with Crippen molar-refractivity contribution in [3.05, 3.63) is 29.8 Å². The number of sulfonamides is 1. The second-order valence-electron chi connectivity index (χ2n) is 5.42. The van der Waals surface area contributed by atoms with Gasteiger partial charge in [-0.1, -0.05) is 0 Å². The molecule has 10 heteroatoms. The van der Waals surface area contributed by atoms with Crippen molar-refractivity contribution >= 4 is 39.5 Å². The Bertz CT molecular complexity index is 739. The maximum absolute atomic E-state index is 13.9. The first-order chi connectivity index (χ1) is 11.4. The minimum Gasteiger partial charge on any atom is -0.340 e. The number of nitrogens with zero attached hydrogens (tertiary/aromatic N) is 2. The van der Waals surface area contributed by atoms with Crippen LogP contribution in [0.2, 0.25) is 0 Å². The number of carbonyl (C=O) groups excluding carboxylic acids is 1. The predicted molar refractivity (Wildman–Crippen MR) is 90.4 cm³/mol. The minimum atomic E-state index is -4.28. The van der Waals surface area contributed by atoms with Crippen LogP contribution >= 0.6 is 23.5 Å². The number of hydrogen-bond acceptors (Lipinski definition) is 5. The highest BCUT2D eigenvalue weighted by atomic mass is 32.2. The highest BCUT2D eigenvalue weighted by molar-refractivity contribution is 8.00. The van der Waals surface area contributed by atoms with Gasteiger partial charge in [0.2, 0.25) is 15.9 Å². The maximum Gasteiger partial charge on any atom is 0.247 e. The van der Waals surface area contributed by atoms with Crippen molar-refractivity contribution < 1.29 is 22.0 Å². The molecule has 0 bridgehead atoms. The van der Waals surface area contributed by atoms with E-state index in [9.17, 15) is 22.0 Å². The van der Waals surface area contributed by atoms with Gasteiger partial charge in [0.05, 0.1) is 5.88 Å². The Kier molecular flexibility index (Phi) is 5.38. The van der Waals surface area contributed by atoms with Crippen LogP contribution in [0, 0.1) is 11.6 Å². The number of hydrogen-bond donors (Lipinski definition) is 0. The van der Waals surface area contributed by atoms with Crippen LogP contribution in [0.1, 0.15) is 0 Å². The molecule has 2 heterocycles. The monoisotopic (exact) mass is 394 g/mol. The van der Waals surface area contributed by atoms with Crippen molar-refractivity contribution in [1.29, 1.82) is 0 Å². The number of amides is 1. The summed E-state index contributed by atoms with van der Waals surface area (Å²) >= 11 is 3.04. The zero-order valence-electron chi connectivity index (χ0n) is 12.7.